The van der Waals surface area contributed by atoms with Crippen LogP contribution in [0.25, 0.3) is 0 Å². The van der Waals surface area contributed by atoms with Crippen molar-refractivity contribution in [2.45, 2.75) is 18.9 Å². The summed E-state index contributed by atoms with van der Waals surface area (Å²) in [6.45, 7) is 0.135. The first-order valence-corrected chi connectivity index (χ1v) is 6.28. The van der Waals surface area contributed by atoms with Crippen LogP contribution in [0.15, 0.2) is 0 Å². The van der Waals surface area contributed by atoms with E-state index in [0.717, 1.165) is 11.4 Å². The lowest BCUT2D eigenvalue weighted by Gasteiger charge is -2.19. The predicted octanol–water partition coefficient (Wildman–Crippen LogP) is -0.962. The van der Waals surface area contributed by atoms with E-state index >= 15 is 0 Å². The van der Waals surface area contributed by atoms with Crippen LogP contribution in [0, 0.1) is 0 Å². The SMILES string of the molecule is COC(=O)CS(=O)(=O)N1CCCC1C(=O)O. The molecule has 0 bridgehead atoms. The van der Waals surface area contributed by atoms with Crippen molar-refractivity contribution in [2.24, 2.45) is 0 Å². The molecule has 1 atom stereocenters. The number of aliphatic carboxylic acids is 1. The van der Waals surface area contributed by atoms with Crippen molar-refractivity contribution >= 4 is 22.0 Å². The molecule has 16 heavy (non-hydrogen) atoms. The van der Waals surface area contributed by atoms with Gasteiger partial charge in [0.25, 0.3) is 0 Å². The fourth-order valence-electron chi connectivity index (χ4n) is 1.61. The number of carboxylic acids is 1. The zero-order chi connectivity index (χ0) is 12.3. The Labute approximate surface area is 93.0 Å². The molecule has 0 saturated carbocycles. The van der Waals surface area contributed by atoms with Crippen molar-refractivity contribution in [1.82, 2.24) is 4.31 Å². The Bertz CT molecular complexity index is 389. The molecule has 1 fully saturated rings. The Balaban J connectivity index is 2.83. The molecular formula is C8H13NO6S. The van der Waals surface area contributed by atoms with Crippen molar-refractivity contribution in [3.05, 3.63) is 0 Å². The first-order valence-electron chi connectivity index (χ1n) is 4.67. The minimum atomic E-state index is -3.89. The molecule has 0 aliphatic carbocycles. The summed E-state index contributed by atoms with van der Waals surface area (Å²) in [6, 6.07) is -1.06. The number of sulfonamides is 1. The Morgan fingerprint density at radius 2 is 2.12 bits per heavy atom. The van der Waals surface area contributed by atoms with Gasteiger partial charge < -0.3 is 9.84 Å². The molecule has 0 radical (unpaired) electrons. The standard InChI is InChI=1S/C8H13NO6S/c1-15-7(10)5-16(13,14)9-4-2-3-6(9)8(11)12/h6H,2-5H2,1H3,(H,11,12). The number of ether oxygens (including phenoxy) is 1. The maximum atomic E-state index is 11.7. The normalized spacial score (nSPS) is 21.9. The summed E-state index contributed by atoms with van der Waals surface area (Å²) in [6.07, 6.45) is 0.757. The first-order chi connectivity index (χ1) is 7.38. The molecule has 0 aromatic rings. The molecule has 1 aliphatic rings. The van der Waals surface area contributed by atoms with Crippen molar-refractivity contribution in [3.63, 3.8) is 0 Å². The third kappa shape index (κ3) is 2.70. The van der Waals surface area contributed by atoms with Crippen LogP contribution in [-0.2, 0) is 24.3 Å². The lowest BCUT2D eigenvalue weighted by molar-refractivity contribution is -0.141. The van der Waals surface area contributed by atoms with Gasteiger partial charge in [0.05, 0.1) is 7.11 Å². The average Bonchev–Trinajstić information content (AvgIpc) is 2.65. The smallest absolute Gasteiger partial charge is 0.322 e. The second-order valence-corrected chi connectivity index (χ2v) is 5.36. The van der Waals surface area contributed by atoms with Crippen LogP contribution in [0.4, 0.5) is 0 Å². The molecular weight excluding hydrogens is 238 g/mol. The summed E-state index contributed by atoms with van der Waals surface area (Å²) in [5.74, 6) is -2.89. The fraction of sp³-hybridized carbons (Fsp3) is 0.750. The lowest BCUT2D eigenvalue weighted by atomic mass is 10.2. The van der Waals surface area contributed by atoms with Gasteiger partial charge in [-0.15, -0.1) is 0 Å². The van der Waals surface area contributed by atoms with Crippen molar-refractivity contribution in [2.75, 3.05) is 19.4 Å². The van der Waals surface area contributed by atoms with E-state index in [2.05, 4.69) is 4.74 Å². The van der Waals surface area contributed by atoms with Gasteiger partial charge in [0.15, 0.2) is 5.75 Å². The number of carbonyl (C=O) groups excluding carboxylic acids is 1. The first kappa shape index (κ1) is 12.9. The monoisotopic (exact) mass is 251 g/mol. The number of hydrogen-bond acceptors (Lipinski definition) is 5. The molecule has 0 aromatic heterocycles. The number of rotatable bonds is 4. The molecule has 1 saturated heterocycles. The molecule has 0 amide bonds. The average molecular weight is 251 g/mol. The fourth-order valence-corrected chi connectivity index (χ4v) is 3.18. The molecule has 0 aromatic carbocycles. The summed E-state index contributed by atoms with van der Waals surface area (Å²) < 4.78 is 28.5. The van der Waals surface area contributed by atoms with E-state index in [1.165, 1.54) is 0 Å². The van der Waals surface area contributed by atoms with Crippen LogP contribution in [0.1, 0.15) is 12.8 Å². The van der Waals surface area contributed by atoms with Crippen molar-refractivity contribution < 1.29 is 27.9 Å². The molecule has 7 nitrogen and oxygen atoms in total. The van der Waals surface area contributed by atoms with Gasteiger partial charge in [0.2, 0.25) is 10.0 Å². The molecule has 1 rings (SSSR count). The Morgan fingerprint density at radius 3 is 2.62 bits per heavy atom. The van der Waals surface area contributed by atoms with Gasteiger partial charge >= 0.3 is 11.9 Å². The maximum Gasteiger partial charge on any atom is 0.322 e. The lowest BCUT2D eigenvalue weighted by Crippen LogP contribution is -2.43. The summed E-state index contributed by atoms with van der Waals surface area (Å²) in [4.78, 5) is 21.7. The van der Waals surface area contributed by atoms with Gasteiger partial charge in [-0.05, 0) is 12.8 Å². The van der Waals surface area contributed by atoms with E-state index in [1.807, 2.05) is 0 Å². The summed E-state index contributed by atoms with van der Waals surface area (Å²) >= 11 is 0. The number of methoxy groups -OCH3 is 1. The van der Waals surface area contributed by atoms with Crippen LogP contribution >= 0.6 is 0 Å². The number of esters is 1. The summed E-state index contributed by atoms with van der Waals surface area (Å²) in [5, 5.41) is 8.82. The zero-order valence-corrected chi connectivity index (χ0v) is 9.57. The Kier molecular flexibility index (Phi) is 3.87. The van der Waals surface area contributed by atoms with Gasteiger partial charge in [0.1, 0.15) is 6.04 Å². The molecule has 0 spiro atoms. The van der Waals surface area contributed by atoms with Crippen LogP contribution in [-0.4, -0.2) is 55.2 Å². The van der Waals surface area contributed by atoms with Gasteiger partial charge in [-0.25, -0.2) is 8.42 Å². The highest BCUT2D eigenvalue weighted by atomic mass is 32.2. The van der Waals surface area contributed by atoms with Crippen molar-refractivity contribution in [1.29, 1.82) is 0 Å². The Morgan fingerprint density at radius 1 is 1.50 bits per heavy atom. The van der Waals surface area contributed by atoms with E-state index in [-0.39, 0.29) is 13.0 Å². The maximum absolute atomic E-state index is 11.7. The predicted molar refractivity (Wildman–Crippen MR) is 53.2 cm³/mol. The van der Waals surface area contributed by atoms with E-state index < -0.39 is 33.8 Å². The summed E-state index contributed by atoms with van der Waals surface area (Å²) in [5.41, 5.74) is 0. The third-order valence-corrected chi connectivity index (χ3v) is 4.13. The number of carboxylic acid groups (broad SMARTS) is 1. The highest BCUT2D eigenvalue weighted by Crippen LogP contribution is 2.21. The molecule has 1 aliphatic heterocycles. The topological polar surface area (TPSA) is 101 Å². The molecule has 92 valence electrons. The van der Waals surface area contributed by atoms with Crippen LogP contribution in [0.5, 0.6) is 0 Å². The van der Waals surface area contributed by atoms with Crippen molar-refractivity contribution in [3.8, 4) is 0 Å². The summed E-state index contributed by atoms with van der Waals surface area (Å²) in [7, 11) is -2.81. The van der Waals surface area contributed by atoms with Gasteiger partial charge in [0, 0.05) is 6.54 Å². The third-order valence-electron chi connectivity index (χ3n) is 2.37. The largest absolute Gasteiger partial charge is 0.480 e. The molecule has 1 N–H and O–H groups in total. The molecule has 8 heteroatoms. The quantitative estimate of drug-likeness (QED) is 0.646. The highest BCUT2D eigenvalue weighted by molar-refractivity contribution is 7.89. The van der Waals surface area contributed by atoms with E-state index in [1.54, 1.807) is 0 Å². The van der Waals surface area contributed by atoms with Gasteiger partial charge in [-0.2, -0.15) is 4.31 Å². The Hall–Kier alpha value is -1.15. The highest BCUT2D eigenvalue weighted by Gasteiger charge is 2.39. The zero-order valence-electron chi connectivity index (χ0n) is 8.75. The van der Waals surface area contributed by atoms with Crippen LogP contribution in [0.2, 0.25) is 0 Å². The van der Waals surface area contributed by atoms with E-state index in [9.17, 15) is 18.0 Å². The number of nitrogens with zero attached hydrogens (tertiary/aromatic N) is 1. The van der Waals surface area contributed by atoms with Gasteiger partial charge in [-0.1, -0.05) is 0 Å². The van der Waals surface area contributed by atoms with Crippen LogP contribution in [0.3, 0.4) is 0 Å². The minimum absolute atomic E-state index is 0.135. The number of hydrogen-bond donors (Lipinski definition) is 1. The van der Waals surface area contributed by atoms with E-state index in [0.29, 0.717) is 6.42 Å². The van der Waals surface area contributed by atoms with Crippen LogP contribution < -0.4 is 0 Å². The van der Waals surface area contributed by atoms with E-state index in [4.69, 9.17) is 5.11 Å². The number of carbonyl (C=O) groups is 2. The second kappa shape index (κ2) is 4.79. The second-order valence-electron chi connectivity index (χ2n) is 3.44. The van der Waals surface area contributed by atoms with Gasteiger partial charge in [-0.3, -0.25) is 9.59 Å². The molecule has 1 unspecified atom stereocenters. The minimum Gasteiger partial charge on any atom is -0.480 e. The molecule has 1 heterocycles.